The van der Waals surface area contributed by atoms with E-state index in [0.717, 1.165) is 16.7 Å². The van der Waals surface area contributed by atoms with Crippen LogP contribution in [-0.2, 0) is 17.5 Å². The van der Waals surface area contributed by atoms with E-state index in [0.29, 0.717) is 25.6 Å². The number of aromatic nitrogens is 1. The Morgan fingerprint density at radius 2 is 1.81 bits per heavy atom. The third kappa shape index (κ3) is 8.06. The Bertz CT molecular complexity index is 604. The first-order chi connectivity index (χ1) is 11.6. The van der Waals surface area contributed by atoms with Crippen molar-refractivity contribution in [2.45, 2.75) is 40.4 Å². The van der Waals surface area contributed by atoms with E-state index in [4.69, 9.17) is 0 Å². The van der Waals surface area contributed by atoms with Crippen LogP contribution in [0.2, 0.25) is 0 Å². The summed E-state index contributed by atoms with van der Waals surface area (Å²) in [5, 5.41) is 10.0. The zero-order valence-corrected chi connectivity index (χ0v) is 18.3. The van der Waals surface area contributed by atoms with Crippen molar-refractivity contribution in [3.63, 3.8) is 0 Å². The molecule has 0 radical (unpaired) electrons. The van der Waals surface area contributed by atoms with Crippen molar-refractivity contribution in [2.75, 3.05) is 19.6 Å². The summed E-state index contributed by atoms with van der Waals surface area (Å²) in [5.41, 5.74) is -1.56. The van der Waals surface area contributed by atoms with Gasteiger partial charge in [0.05, 0.1) is 12.0 Å². The lowest BCUT2D eigenvalue weighted by Gasteiger charge is -2.24. The second-order valence-corrected chi connectivity index (χ2v) is 6.86. The van der Waals surface area contributed by atoms with Crippen LogP contribution in [0.5, 0.6) is 0 Å². The predicted molar refractivity (Wildman–Crippen MR) is 108 cm³/mol. The monoisotopic (exact) mass is 507 g/mol. The maximum atomic E-state index is 12.6. The van der Waals surface area contributed by atoms with Gasteiger partial charge in [-0.3, -0.25) is 4.79 Å². The summed E-state index contributed by atoms with van der Waals surface area (Å²) in [5.74, 6) is 0.330. The van der Waals surface area contributed by atoms with Gasteiger partial charge in [0.1, 0.15) is 5.01 Å². The number of hydrogen-bond acceptors (Lipinski definition) is 4. The van der Waals surface area contributed by atoms with Crippen LogP contribution in [0.15, 0.2) is 10.4 Å². The highest BCUT2D eigenvalue weighted by atomic mass is 127. The molecule has 3 N–H and O–H groups in total. The molecule has 0 saturated heterocycles. The number of thiazole rings is 1. The first kappa shape index (κ1) is 24.9. The normalized spacial score (nSPS) is 12.3. The molecule has 0 fully saturated rings. The number of halogens is 4. The Balaban J connectivity index is 0.00000625. The molecule has 11 heteroatoms. The third-order valence-corrected chi connectivity index (χ3v) is 4.04. The zero-order valence-electron chi connectivity index (χ0n) is 15.2. The molecule has 0 atom stereocenters. The number of aliphatic imine (C=N–C) groups is 1. The lowest BCUT2D eigenvalue weighted by Crippen LogP contribution is -2.47. The molecule has 0 aliphatic heterocycles. The molecule has 1 heterocycles. The lowest BCUT2D eigenvalue weighted by molar-refractivity contribution is -0.140. The number of guanidine groups is 1. The van der Waals surface area contributed by atoms with Gasteiger partial charge >= 0.3 is 6.18 Å². The molecule has 0 bridgehead atoms. The quantitative estimate of drug-likeness (QED) is 0.301. The van der Waals surface area contributed by atoms with E-state index >= 15 is 0 Å². The molecule has 1 aromatic rings. The zero-order chi connectivity index (χ0) is 19.1. The average Bonchev–Trinajstić information content (AvgIpc) is 2.99. The van der Waals surface area contributed by atoms with Crippen LogP contribution < -0.4 is 16.0 Å². The Labute approximate surface area is 172 Å². The Morgan fingerprint density at radius 3 is 2.31 bits per heavy atom. The van der Waals surface area contributed by atoms with Gasteiger partial charge in [-0.05, 0) is 27.7 Å². The second kappa shape index (κ2) is 10.9. The number of nitrogens with one attached hydrogen (secondary N) is 3. The van der Waals surface area contributed by atoms with E-state index in [9.17, 15) is 18.0 Å². The highest BCUT2D eigenvalue weighted by Crippen LogP contribution is 2.30. The molecule has 0 saturated carbocycles. The van der Waals surface area contributed by atoms with Crippen molar-refractivity contribution in [1.82, 2.24) is 20.9 Å². The van der Waals surface area contributed by atoms with Gasteiger partial charge in [-0.25, -0.2) is 9.98 Å². The summed E-state index contributed by atoms with van der Waals surface area (Å²) in [6.45, 7) is 8.79. The van der Waals surface area contributed by atoms with Crippen molar-refractivity contribution < 1.29 is 18.0 Å². The molecular formula is C15H25F3IN5OS. The number of carbonyl (C=O) groups is 1. The summed E-state index contributed by atoms with van der Waals surface area (Å²) < 4.78 is 37.7. The predicted octanol–water partition coefficient (Wildman–Crippen LogP) is 3.00. The summed E-state index contributed by atoms with van der Waals surface area (Å²) in [6.07, 6.45) is -4.45. The maximum Gasteiger partial charge on any atom is 0.434 e. The van der Waals surface area contributed by atoms with Gasteiger partial charge in [0.15, 0.2) is 11.7 Å². The van der Waals surface area contributed by atoms with Crippen molar-refractivity contribution in [3.8, 4) is 0 Å². The lowest BCUT2D eigenvalue weighted by atomic mass is 9.92. The van der Waals surface area contributed by atoms with Crippen LogP contribution in [0.3, 0.4) is 0 Å². The first-order valence-electron chi connectivity index (χ1n) is 7.92. The largest absolute Gasteiger partial charge is 0.434 e. The van der Waals surface area contributed by atoms with E-state index < -0.39 is 17.3 Å². The van der Waals surface area contributed by atoms with Crippen LogP contribution >= 0.6 is 35.3 Å². The molecule has 1 rings (SSSR count). The van der Waals surface area contributed by atoms with Crippen molar-refractivity contribution in [3.05, 3.63) is 16.1 Å². The number of nitrogens with zero attached hydrogens (tertiary/aromatic N) is 2. The molecular weight excluding hydrogens is 482 g/mol. The number of amides is 1. The topological polar surface area (TPSA) is 78.4 Å². The molecule has 0 spiro atoms. The van der Waals surface area contributed by atoms with Gasteiger partial charge in [-0.1, -0.05) is 0 Å². The number of carbonyl (C=O) groups excluding carboxylic acids is 1. The summed E-state index contributed by atoms with van der Waals surface area (Å²) >= 11 is 0.914. The minimum Gasteiger partial charge on any atom is -0.357 e. The van der Waals surface area contributed by atoms with Crippen LogP contribution in [0.1, 0.15) is 38.4 Å². The van der Waals surface area contributed by atoms with Crippen molar-refractivity contribution in [1.29, 1.82) is 0 Å². The van der Waals surface area contributed by atoms with E-state index in [1.54, 1.807) is 13.8 Å². The van der Waals surface area contributed by atoms with Gasteiger partial charge in [-0.2, -0.15) is 13.2 Å². The molecule has 26 heavy (non-hydrogen) atoms. The summed E-state index contributed by atoms with van der Waals surface area (Å²) in [7, 11) is 0. The van der Waals surface area contributed by atoms with E-state index in [2.05, 4.69) is 25.9 Å². The van der Waals surface area contributed by atoms with Crippen LogP contribution in [0.25, 0.3) is 0 Å². The summed E-state index contributed by atoms with van der Waals surface area (Å²) in [4.78, 5) is 19.8. The Hall–Kier alpha value is -1.11. The second-order valence-electron chi connectivity index (χ2n) is 5.92. The molecule has 6 nitrogen and oxygen atoms in total. The fourth-order valence-electron chi connectivity index (χ4n) is 1.79. The van der Waals surface area contributed by atoms with Crippen molar-refractivity contribution >= 4 is 47.2 Å². The van der Waals surface area contributed by atoms with Gasteiger partial charge in [0, 0.05) is 25.0 Å². The Kier molecular flexibility index (Phi) is 10.4. The van der Waals surface area contributed by atoms with Gasteiger partial charge < -0.3 is 16.0 Å². The standard InChI is InChI=1S/C15H24F3N5OS.HI/c1-5-19-12(24)14(3,4)9-22-13(20-6-2)21-7-11-23-10(8-25-11)15(16,17)18;/h8H,5-7,9H2,1-4H3,(H,19,24)(H2,20,21,22);1H. The smallest absolute Gasteiger partial charge is 0.357 e. The van der Waals surface area contributed by atoms with E-state index in [1.807, 2.05) is 13.8 Å². The molecule has 0 aliphatic rings. The average molecular weight is 507 g/mol. The highest BCUT2D eigenvalue weighted by Gasteiger charge is 2.33. The number of hydrogen-bond donors (Lipinski definition) is 3. The van der Waals surface area contributed by atoms with Gasteiger partial charge in [-0.15, -0.1) is 35.3 Å². The summed E-state index contributed by atoms with van der Waals surface area (Å²) in [6, 6.07) is 0. The molecule has 150 valence electrons. The molecule has 1 aromatic heterocycles. The molecule has 0 aliphatic carbocycles. The van der Waals surface area contributed by atoms with E-state index in [-0.39, 0.29) is 41.4 Å². The fourth-order valence-corrected chi connectivity index (χ4v) is 2.51. The number of rotatable bonds is 7. The van der Waals surface area contributed by atoms with E-state index in [1.165, 1.54) is 0 Å². The first-order valence-corrected chi connectivity index (χ1v) is 8.80. The fraction of sp³-hybridized carbons (Fsp3) is 0.667. The third-order valence-electron chi connectivity index (χ3n) is 3.21. The Morgan fingerprint density at radius 1 is 1.19 bits per heavy atom. The molecule has 1 amide bonds. The minimum absolute atomic E-state index is 0. The van der Waals surface area contributed by atoms with Crippen LogP contribution in [-0.4, -0.2) is 36.5 Å². The van der Waals surface area contributed by atoms with Gasteiger partial charge in [0.2, 0.25) is 5.91 Å². The SMILES string of the molecule is CCNC(=O)C(C)(C)CNC(=NCc1nc(C(F)(F)F)cs1)NCC.I. The van der Waals surface area contributed by atoms with Gasteiger partial charge in [0.25, 0.3) is 0 Å². The molecule has 0 aromatic carbocycles. The highest BCUT2D eigenvalue weighted by molar-refractivity contribution is 14.0. The maximum absolute atomic E-state index is 12.6. The number of alkyl halides is 3. The van der Waals surface area contributed by atoms with Crippen LogP contribution in [0.4, 0.5) is 13.2 Å². The van der Waals surface area contributed by atoms with Crippen molar-refractivity contribution in [2.24, 2.45) is 10.4 Å². The van der Waals surface area contributed by atoms with Crippen LogP contribution in [0, 0.1) is 5.41 Å². The minimum atomic E-state index is -4.45. The molecule has 0 unspecified atom stereocenters.